The lowest BCUT2D eigenvalue weighted by molar-refractivity contribution is -0.121. The van der Waals surface area contributed by atoms with E-state index in [1.165, 1.54) is 0 Å². The van der Waals surface area contributed by atoms with Crippen molar-refractivity contribution in [3.05, 3.63) is 50.6 Å². The van der Waals surface area contributed by atoms with Crippen LogP contribution < -0.4 is 10.6 Å². The minimum Gasteiger partial charge on any atom is -0.391 e. The number of unbranched alkanes of at least 4 members (excludes halogenated alkanes) is 2. The molecule has 0 spiro atoms. The van der Waals surface area contributed by atoms with Gasteiger partial charge in [0.05, 0.1) is 12.2 Å². The fraction of sp³-hybridized carbons (Fsp3) is 0.697. The predicted octanol–water partition coefficient (Wildman–Crippen LogP) is 3.12. The Morgan fingerprint density at radius 2 is 1.07 bits per heavy atom. The van der Waals surface area contributed by atoms with Gasteiger partial charge < -0.3 is 25.7 Å². The van der Waals surface area contributed by atoms with Gasteiger partial charge in [-0.3, -0.25) is 19.4 Å². The molecule has 2 atom stereocenters. The molecule has 0 bridgehead atoms. The van der Waals surface area contributed by atoms with Gasteiger partial charge in [0.2, 0.25) is 11.8 Å². The first kappa shape index (κ1) is 39.7. The number of nitrogens with one attached hydrogen (secondary N) is 2. The summed E-state index contributed by atoms with van der Waals surface area (Å²) in [6.45, 7) is 24.2. The van der Waals surface area contributed by atoms with Crippen LogP contribution in [0.25, 0.3) is 0 Å². The summed E-state index contributed by atoms with van der Waals surface area (Å²) in [6, 6.07) is 0. The smallest absolute Gasteiger partial charge is 0.221 e. The molecule has 0 heterocycles. The Kier molecular flexibility index (Phi) is 26.0. The van der Waals surface area contributed by atoms with Gasteiger partial charge in [-0.2, -0.15) is 0 Å². The molecule has 0 rings (SSSR count). The Hall–Kier alpha value is -2.30. The van der Waals surface area contributed by atoms with Crippen LogP contribution in [0.15, 0.2) is 50.6 Å². The van der Waals surface area contributed by atoms with Gasteiger partial charge in [0.1, 0.15) is 0 Å². The number of amides is 2. The zero-order chi connectivity index (χ0) is 31.4. The number of aliphatic hydroxyl groups is 2. The lowest BCUT2D eigenvalue weighted by Gasteiger charge is -2.25. The van der Waals surface area contributed by atoms with Crippen LogP contribution in [0.5, 0.6) is 0 Å². The number of carbonyl (C=O) groups excluding carboxylic acids is 2. The summed E-state index contributed by atoms with van der Waals surface area (Å²) in [5.74, 6) is -0.0122. The van der Waals surface area contributed by atoms with Crippen LogP contribution in [0.4, 0.5) is 0 Å². The number of hydrogen-bond acceptors (Lipinski definition) is 7. The number of nitrogens with zero attached hydrogens (tertiary/aromatic N) is 3. The van der Waals surface area contributed by atoms with Crippen LogP contribution >= 0.6 is 0 Å². The number of allylic oxidation sites excluding steroid dienone is 2. The van der Waals surface area contributed by atoms with E-state index < -0.39 is 12.2 Å². The Morgan fingerprint density at radius 1 is 0.643 bits per heavy atom. The van der Waals surface area contributed by atoms with Crippen molar-refractivity contribution < 1.29 is 19.8 Å². The van der Waals surface area contributed by atoms with Crippen molar-refractivity contribution in [2.45, 2.75) is 76.9 Å². The highest BCUT2D eigenvalue weighted by molar-refractivity contribution is 5.76. The molecule has 0 aromatic heterocycles. The molecule has 0 radical (unpaired) electrons. The van der Waals surface area contributed by atoms with Gasteiger partial charge in [0.15, 0.2) is 0 Å². The van der Waals surface area contributed by atoms with Crippen molar-refractivity contribution in [1.29, 1.82) is 0 Å². The molecule has 0 fully saturated rings. The van der Waals surface area contributed by atoms with Gasteiger partial charge in [-0.15, -0.1) is 26.3 Å². The molecule has 0 aliphatic carbocycles. The van der Waals surface area contributed by atoms with E-state index in [4.69, 9.17) is 0 Å². The molecule has 4 N–H and O–H groups in total. The summed E-state index contributed by atoms with van der Waals surface area (Å²) in [6.07, 6.45) is 12.9. The van der Waals surface area contributed by atoms with Gasteiger partial charge in [0.25, 0.3) is 0 Å². The third-order valence-electron chi connectivity index (χ3n) is 6.93. The van der Waals surface area contributed by atoms with Crippen LogP contribution in [-0.2, 0) is 9.59 Å². The molecular weight excluding hydrogens is 530 g/mol. The van der Waals surface area contributed by atoms with Gasteiger partial charge in [-0.1, -0.05) is 31.2 Å². The first-order valence-electron chi connectivity index (χ1n) is 15.8. The van der Waals surface area contributed by atoms with Crippen molar-refractivity contribution >= 4 is 11.8 Å². The van der Waals surface area contributed by atoms with Crippen LogP contribution in [0.2, 0.25) is 0 Å². The predicted molar refractivity (Wildman–Crippen MR) is 175 cm³/mol. The molecular formula is C33H61N5O4. The second-order valence-electron chi connectivity index (χ2n) is 10.9. The van der Waals surface area contributed by atoms with Gasteiger partial charge in [-0.05, 0) is 64.6 Å². The molecule has 242 valence electrons. The van der Waals surface area contributed by atoms with Crippen molar-refractivity contribution in [3.63, 3.8) is 0 Å². The minimum absolute atomic E-state index is 0.00609. The molecule has 0 saturated carbocycles. The van der Waals surface area contributed by atoms with Gasteiger partial charge >= 0.3 is 0 Å². The van der Waals surface area contributed by atoms with E-state index in [0.717, 1.165) is 51.7 Å². The molecule has 2 amide bonds. The third kappa shape index (κ3) is 23.3. The molecule has 9 nitrogen and oxygen atoms in total. The highest BCUT2D eigenvalue weighted by Gasteiger charge is 2.14. The number of hydrogen-bond donors (Lipinski definition) is 4. The summed E-state index contributed by atoms with van der Waals surface area (Å²) >= 11 is 0. The first-order chi connectivity index (χ1) is 20.3. The Labute approximate surface area is 256 Å². The quantitative estimate of drug-likeness (QED) is 0.0751. The molecule has 0 aliphatic heterocycles. The van der Waals surface area contributed by atoms with E-state index >= 15 is 0 Å². The second-order valence-corrected chi connectivity index (χ2v) is 10.9. The summed E-state index contributed by atoms with van der Waals surface area (Å²) in [4.78, 5) is 31.6. The fourth-order valence-electron chi connectivity index (χ4n) is 4.69. The average molecular weight is 592 g/mol. The van der Waals surface area contributed by atoms with Crippen molar-refractivity contribution in [2.24, 2.45) is 0 Å². The molecule has 0 saturated heterocycles. The molecule has 42 heavy (non-hydrogen) atoms. The number of aliphatic hydroxyl groups excluding tert-OH is 2. The van der Waals surface area contributed by atoms with E-state index in [2.05, 4.69) is 58.6 Å². The maximum Gasteiger partial charge on any atom is 0.221 e. The van der Waals surface area contributed by atoms with E-state index in [0.29, 0.717) is 78.0 Å². The second kappa shape index (κ2) is 27.5. The molecule has 0 aromatic carbocycles. The largest absolute Gasteiger partial charge is 0.391 e. The molecule has 2 unspecified atom stereocenters. The topological polar surface area (TPSA) is 108 Å². The maximum absolute atomic E-state index is 12.5. The fourth-order valence-corrected chi connectivity index (χ4v) is 4.69. The average Bonchev–Trinajstić information content (AvgIpc) is 2.94. The number of rotatable bonds is 30. The van der Waals surface area contributed by atoms with Crippen molar-refractivity contribution in [3.8, 4) is 0 Å². The summed E-state index contributed by atoms with van der Waals surface area (Å²) in [5, 5.41) is 26.3. The highest BCUT2D eigenvalue weighted by Crippen LogP contribution is 2.03. The minimum atomic E-state index is -0.460. The summed E-state index contributed by atoms with van der Waals surface area (Å²) in [5.41, 5.74) is 0. The summed E-state index contributed by atoms with van der Waals surface area (Å²) in [7, 11) is 0. The standard InChI is InChI=1S/C33H61N5O4/c1-6-11-13-22-37(28-30(39)15-8-3)26-19-34-32(41)17-24-36(21-10-5)25-18-33(42)35-20-27-38(23-14-12-7-2)29-31(40)16-9-4/h6-9,30-31,39-40H,1-4,10-29H2,5H3,(H,34,41)(H,35,42). The van der Waals surface area contributed by atoms with Crippen LogP contribution in [0.1, 0.15) is 64.7 Å². The zero-order valence-electron chi connectivity index (χ0n) is 26.5. The van der Waals surface area contributed by atoms with E-state index in [-0.39, 0.29) is 11.8 Å². The van der Waals surface area contributed by atoms with Crippen molar-refractivity contribution in [1.82, 2.24) is 25.3 Å². The molecule has 9 heteroatoms. The van der Waals surface area contributed by atoms with Crippen LogP contribution in [-0.4, -0.2) is 121 Å². The lowest BCUT2D eigenvalue weighted by atomic mass is 10.2. The van der Waals surface area contributed by atoms with E-state index in [1.807, 2.05) is 12.2 Å². The molecule has 0 aromatic rings. The van der Waals surface area contributed by atoms with E-state index in [9.17, 15) is 19.8 Å². The number of carbonyl (C=O) groups is 2. The monoisotopic (exact) mass is 591 g/mol. The maximum atomic E-state index is 12.5. The van der Waals surface area contributed by atoms with Gasteiger partial charge in [0, 0.05) is 65.2 Å². The Morgan fingerprint density at radius 3 is 1.43 bits per heavy atom. The first-order valence-corrected chi connectivity index (χ1v) is 15.8. The SMILES string of the molecule is C=CCCCN(CCNC(=O)CCN(CCC)CCC(=O)NCCN(CCCC=C)CC(O)CC=C)CC(O)CC=C. The summed E-state index contributed by atoms with van der Waals surface area (Å²) < 4.78 is 0. The van der Waals surface area contributed by atoms with Gasteiger partial charge in [-0.25, -0.2) is 0 Å². The normalized spacial score (nSPS) is 12.7. The lowest BCUT2D eigenvalue weighted by Crippen LogP contribution is -2.41. The Balaban J connectivity index is 4.49. The van der Waals surface area contributed by atoms with Crippen LogP contribution in [0.3, 0.4) is 0 Å². The third-order valence-corrected chi connectivity index (χ3v) is 6.93. The zero-order valence-corrected chi connectivity index (χ0v) is 26.5. The Bertz CT molecular complexity index is 690. The highest BCUT2D eigenvalue weighted by atomic mass is 16.3. The van der Waals surface area contributed by atoms with Crippen LogP contribution in [0, 0.1) is 0 Å². The van der Waals surface area contributed by atoms with Crippen molar-refractivity contribution in [2.75, 3.05) is 72.0 Å². The molecule has 0 aliphatic rings. The van der Waals surface area contributed by atoms with E-state index in [1.54, 1.807) is 12.2 Å².